The van der Waals surface area contributed by atoms with Crippen molar-refractivity contribution in [3.05, 3.63) is 54.1 Å². The van der Waals surface area contributed by atoms with Gasteiger partial charge < -0.3 is 11.5 Å². The molecule has 0 saturated carbocycles. The molecular formula is C13H13N3O3S. The number of carbonyl (C=O) groups is 1. The molecular weight excluding hydrogens is 278 g/mol. The number of benzene rings is 2. The van der Waals surface area contributed by atoms with Crippen LogP contribution in [0.3, 0.4) is 0 Å². The molecule has 0 heterocycles. The molecule has 0 fully saturated rings. The number of anilines is 2. The summed E-state index contributed by atoms with van der Waals surface area (Å²) in [6.07, 6.45) is 0. The minimum atomic E-state index is -3.76. The van der Waals surface area contributed by atoms with Crippen LogP contribution in [0.1, 0.15) is 10.4 Å². The number of primary amides is 1. The minimum Gasteiger partial charge on any atom is -0.399 e. The van der Waals surface area contributed by atoms with Crippen LogP contribution in [0.5, 0.6) is 0 Å². The highest BCUT2D eigenvalue weighted by atomic mass is 32.2. The molecule has 0 spiro atoms. The standard InChI is InChI=1S/C13H13N3O3S/c14-10-4-2-6-12(8-10)20(18,19)16-11-5-1-3-9(7-11)13(15)17/h1-8,16H,14H2,(H2,15,17). The van der Waals surface area contributed by atoms with Crippen molar-refractivity contribution in [2.75, 3.05) is 10.5 Å². The van der Waals surface area contributed by atoms with Gasteiger partial charge in [0, 0.05) is 16.9 Å². The molecule has 2 rings (SSSR count). The summed E-state index contributed by atoms with van der Waals surface area (Å²) in [5, 5.41) is 0. The van der Waals surface area contributed by atoms with Crippen LogP contribution in [0.15, 0.2) is 53.4 Å². The molecule has 7 heteroatoms. The quantitative estimate of drug-likeness (QED) is 0.733. The molecule has 0 saturated heterocycles. The minimum absolute atomic E-state index is 0.0435. The number of carbonyl (C=O) groups excluding carboxylic acids is 1. The fourth-order valence-electron chi connectivity index (χ4n) is 1.63. The van der Waals surface area contributed by atoms with Gasteiger partial charge >= 0.3 is 0 Å². The van der Waals surface area contributed by atoms with Crippen LogP contribution in [0.2, 0.25) is 0 Å². The van der Waals surface area contributed by atoms with E-state index in [1.54, 1.807) is 12.1 Å². The molecule has 104 valence electrons. The van der Waals surface area contributed by atoms with E-state index in [9.17, 15) is 13.2 Å². The van der Waals surface area contributed by atoms with Gasteiger partial charge in [0.2, 0.25) is 5.91 Å². The molecule has 2 aromatic carbocycles. The lowest BCUT2D eigenvalue weighted by molar-refractivity contribution is 0.100. The van der Waals surface area contributed by atoms with E-state index in [-0.39, 0.29) is 16.1 Å². The second-order valence-electron chi connectivity index (χ2n) is 4.12. The van der Waals surface area contributed by atoms with E-state index < -0.39 is 15.9 Å². The highest BCUT2D eigenvalue weighted by Crippen LogP contribution is 2.18. The Bertz CT molecular complexity index is 757. The Hall–Kier alpha value is -2.54. The lowest BCUT2D eigenvalue weighted by atomic mass is 10.2. The summed E-state index contributed by atoms with van der Waals surface area (Å²) < 4.78 is 26.7. The van der Waals surface area contributed by atoms with Gasteiger partial charge in [0.1, 0.15) is 0 Å². The van der Waals surface area contributed by atoms with E-state index in [2.05, 4.69) is 4.72 Å². The van der Waals surface area contributed by atoms with Gasteiger partial charge in [-0.2, -0.15) is 0 Å². The molecule has 0 aromatic heterocycles. The van der Waals surface area contributed by atoms with E-state index in [0.717, 1.165) is 0 Å². The number of nitrogens with one attached hydrogen (secondary N) is 1. The number of hydrogen-bond donors (Lipinski definition) is 3. The first-order chi connectivity index (χ1) is 9.38. The van der Waals surface area contributed by atoms with Crippen LogP contribution in [-0.2, 0) is 10.0 Å². The Morgan fingerprint density at radius 3 is 2.40 bits per heavy atom. The van der Waals surface area contributed by atoms with Gasteiger partial charge in [0.25, 0.3) is 10.0 Å². The molecule has 0 aliphatic rings. The Balaban J connectivity index is 2.33. The molecule has 6 nitrogen and oxygen atoms in total. The largest absolute Gasteiger partial charge is 0.399 e. The molecule has 0 radical (unpaired) electrons. The van der Waals surface area contributed by atoms with Crippen molar-refractivity contribution in [1.29, 1.82) is 0 Å². The third kappa shape index (κ3) is 3.07. The van der Waals surface area contributed by atoms with Crippen LogP contribution in [0, 0.1) is 0 Å². The second-order valence-corrected chi connectivity index (χ2v) is 5.81. The van der Waals surface area contributed by atoms with Gasteiger partial charge in [-0.15, -0.1) is 0 Å². The zero-order valence-electron chi connectivity index (χ0n) is 10.4. The zero-order valence-corrected chi connectivity index (χ0v) is 11.2. The molecule has 1 amide bonds. The van der Waals surface area contributed by atoms with Crippen LogP contribution in [0.4, 0.5) is 11.4 Å². The highest BCUT2D eigenvalue weighted by Gasteiger charge is 2.14. The first-order valence-electron chi connectivity index (χ1n) is 5.67. The summed E-state index contributed by atoms with van der Waals surface area (Å²) in [6, 6.07) is 11.8. The summed E-state index contributed by atoms with van der Waals surface area (Å²) in [7, 11) is -3.76. The van der Waals surface area contributed by atoms with Gasteiger partial charge in [-0.1, -0.05) is 12.1 Å². The van der Waals surface area contributed by atoms with Gasteiger partial charge in [0.15, 0.2) is 0 Å². The van der Waals surface area contributed by atoms with E-state index in [4.69, 9.17) is 11.5 Å². The first kappa shape index (κ1) is 13.9. The fourth-order valence-corrected chi connectivity index (χ4v) is 2.74. The lowest BCUT2D eigenvalue weighted by Crippen LogP contribution is -2.15. The van der Waals surface area contributed by atoms with Gasteiger partial charge in [-0.25, -0.2) is 8.42 Å². The topological polar surface area (TPSA) is 115 Å². The number of amides is 1. The maximum Gasteiger partial charge on any atom is 0.261 e. The van der Waals surface area contributed by atoms with Crippen LogP contribution in [0.25, 0.3) is 0 Å². The Morgan fingerprint density at radius 1 is 1.05 bits per heavy atom. The molecule has 0 aliphatic heterocycles. The number of rotatable bonds is 4. The number of nitrogens with two attached hydrogens (primary N) is 2. The van der Waals surface area contributed by atoms with Crippen molar-refractivity contribution in [3.63, 3.8) is 0 Å². The number of sulfonamides is 1. The van der Waals surface area contributed by atoms with Crippen molar-refractivity contribution in [2.45, 2.75) is 4.90 Å². The normalized spacial score (nSPS) is 11.0. The summed E-state index contributed by atoms with van der Waals surface area (Å²) in [4.78, 5) is 11.1. The second kappa shape index (κ2) is 5.22. The maximum absolute atomic E-state index is 12.2. The Kier molecular flexibility index (Phi) is 3.62. The molecule has 20 heavy (non-hydrogen) atoms. The van der Waals surface area contributed by atoms with Crippen LogP contribution < -0.4 is 16.2 Å². The average Bonchev–Trinajstić information content (AvgIpc) is 2.38. The monoisotopic (exact) mass is 291 g/mol. The van der Waals surface area contributed by atoms with Crippen LogP contribution in [-0.4, -0.2) is 14.3 Å². The summed E-state index contributed by atoms with van der Waals surface area (Å²) >= 11 is 0. The smallest absolute Gasteiger partial charge is 0.261 e. The number of hydrogen-bond acceptors (Lipinski definition) is 4. The Labute approximate surface area is 116 Å². The van der Waals surface area contributed by atoms with Gasteiger partial charge in [-0.05, 0) is 36.4 Å². The SMILES string of the molecule is NC(=O)c1cccc(NS(=O)(=O)c2cccc(N)c2)c1. The molecule has 0 atom stereocenters. The predicted octanol–water partition coefficient (Wildman–Crippen LogP) is 1.17. The summed E-state index contributed by atoms with van der Waals surface area (Å²) in [5.74, 6) is -0.630. The van der Waals surface area contributed by atoms with Crippen molar-refractivity contribution >= 4 is 27.3 Å². The average molecular weight is 291 g/mol. The lowest BCUT2D eigenvalue weighted by Gasteiger charge is -2.09. The van der Waals surface area contributed by atoms with E-state index in [1.807, 2.05) is 0 Å². The van der Waals surface area contributed by atoms with E-state index in [1.165, 1.54) is 36.4 Å². The predicted molar refractivity (Wildman–Crippen MR) is 76.6 cm³/mol. The third-order valence-corrected chi connectivity index (χ3v) is 3.95. The summed E-state index contributed by atoms with van der Waals surface area (Å²) in [6.45, 7) is 0. The number of nitrogen functional groups attached to an aromatic ring is 1. The summed E-state index contributed by atoms with van der Waals surface area (Å²) in [5.41, 5.74) is 11.5. The van der Waals surface area contributed by atoms with E-state index >= 15 is 0 Å². The van der Waals surface area contributed by atoms with Gasteiger partial charge in [0.05, 0.1) is 4.90 Å². The first-order valence-corrected chi connectivity index (χ1v) is 7.15. The maximum atomic E-state index is 12.2. The Morgan fingerprint density at radius 2 is 1.75 bits per heavy atom. The molecule has 2 aromatic rings. The molecule has 0 bridgehead atoms. The molecule has 0 aliphatic carbocycles. The van der Waals surface area contributed by atoms with Gasteiger partial charge in [-0.3, -0.25) is 9.52 Å². The van der Waals surface area contributed by atoms with Crippen molar-refractivity contribution in [1.82, 2.24) is 0 Å². The van der Waals surface area contributed by atoms with E-state index in [0.29, 0.717) is 5.69 Å². The fraction of sp³-hybridized carbons (Fsp3) is 0. The van der Waals surface area contributed by atoms with Crippen molar-refractivity contribution in [3.8, 4) is 0 Å². The van der Waals surface area contributed by atoms with Crippen LogP contribution >= 0.6 is 0 Å². The van der Waals surface area contributed by atoms with Crippen molar-refractivity contribution in [2.24, 2.45) is 5.73 Å². The zero-order chi connectivity index (χ0) is 14.8. The third-order valence-electron chi connectivity index (χ3n) is 2.57. The highest BCUT2D eigenvalue weighted by molar-refractivity contribution is 7.92. The van der Waals surface area contributed by atoms with Crippen molar-refractivity contribution < 1.29 is 13.2 Å². The molecule has 0 unspecified atom stereocenters. The molecule has 5 N–H and O–H groups in total.